The van der Waals surface area contributed by atoms with Crippen LogP contribution < -0.4 is 14.8 Å². The van der Waals surface area contributed by atoms with E-state index >= 15 is 0 Å². The van der Waals surface area contributed by atoms with Crippen LogP contribution >= 0.6 is 0 Å². The normalized spacial score (nSPS) is 22.7. The van der Waals surface area contributed by atoms with Crippen LogP contribution in [0.1, 0.15) is 72.4 Å². The second-order valence-corrected chi connectivity index (χ2v) is 13.1. The van der Waals surface area contributed by atoms with E-state index in [2.05, 4.69) is 5.32 Å². The van der Waals surface area contributed by atoms with E-state index in [0.717, 1.165) is 17.7 Å². The number of rotatable bonds is 10. The number of benzene rings is 2. The third-order valence-electron chi connectivity index (χ3n) is 8.62. The fraction of sp³-hybridized carbons (Fsp3) is 0.559. The predicted octanol–water partition coefficient (Wildman–Crippen LogP) is 2.84. The number of amides is 3. The van der Waals surface area contributed by atoms with Crippen molar-refractivity contribution < 1.29 is 48.3 Å². The van der Waals surface area contributed by atoms with Gasteiger partial charge in [-0.15, -0.1) is 0 Å². The summed E-state index contributed by atoms with van der Waals surface area (Å²) in [6.07, 6.45) is -0.778. The number of hydrogen-bond donors (Lipinski definition) is 3. The lowest BCUT2D eigenvalue weighted by molar-refractivity contribution is -0.177. The van der Waals surface area contributed by atoms with Gasteiger partial charge in [0.1, 0.15) is 23.2 Å². The molecule has 3 aliphatic heterocycles. The smallest absolute Gasteiger partial charge is 0.412 e. The Morgan fingerprint density at radius 1 is 1.06 bits per heavy atom. The molecular weight excluding hydrogens is 610 g/mol. The number of aliphatic hydroxyl groups excluding tert-OH is 1. The summed E-state index contributed by atoms with van der Waals surface area (Å²) in [5, 5.41) is 26.0. The summed E-state index contributed by atoms with van der Waals surface area (Å²) in [6.45, 7) is 7.72. The van der Waals surface area contributed by atoms with Gasteiger partial charge < -0.3 is 44.1 Å². The summed E-state index contributed by atoms with van der Waals surface area (Å²) in [4.78, 5) is 43.2. The average molecular weight is 656 g/mol. The Bertz CT molecular complexity index is 1460. The summed E-state index contributed by atoms with van der Waals surface area (Å²) in [5.74, 6) is 0.0197. The lowest BCUT2D eigenvalue weighted by atomic mass is 9.87. The number of nitrogens with zero attached hydrogens (tertiary/aromatic N) is 2. The summed E-state index contributed by atoms with van der Waals surface area (Å²) < 4.78 is 27.5. The van der Waals surface area contributed by atoms with Crippen molar-refractivity contribution in [3.63, 3.8) is 0 Å². The first-order chi connectivity index (χ1) is 22.3. The molecule has 3 heterocycles. The zero-order valence-electron chi connectivity index (χ0n) is 27.6. The van der Waals surface area contributed by atoms with Crippen molar-refractivity contribution in [1.82, 2.24) is 15.1 Å². The first kappa shape index (κ1) is 34.4. The molecule has 13 nitrogen and oxygen atoms in total. The number of carbonyl (C=O) groups is 3. The molecule has 0 radical (unpaired) electrons. The molecule has 5 rings (SSSR count). The number of ether oxygens (including phenoxy) is 5. The summed E-state index contributed by atoms with van der Waals surface area (Å²) in [7, 11) is 1.51. The number of aliphatic hydroxyl groups is 2. The van der Waals surface area contributed by atoms with E-state index in [4.69, 9.17) is 23.7 Å². The average Bonchev–Trinajstić information content (AvgIpc) is 3.28. The zero-order valence-corrected chi connectivity index (χ0v) is 27.6. The molecule has 4 atom stereocenters. The molecule has 0 aromatic heterocycles. The Hall–Kier alpha value is -3.91. The Balaban J connectivity index is 1.33. The summed E-state index contributed by atoms with van der Waals surface area (Å²) >= 11 is 0. The van der Waals surface area contributed by atoms with Gasteiger partial charge in [-0.2, -0.15) is 0 Å². The van der Waals surface area contributed by atoms with Crippen molar-refractivity contribution in [2.45, 2.75) is 83.0 Å². The highest BCUT2D eigenvalue weighted by Crippen LogP contribution is 2.36. The lowest BCUT2D eigenvalue weighted by Gasteiger charge is -2.46. The molecular formula is C34H45N3O10. The highest BCUT2D eigenvalue weighted by molar-refractivity contribution is 6.00. The molecule has 13 heteroatoms. The van der Waals surface area contributed by atoms with Crippen molar-refractivity contribution in [3.05, 3.63) is 58.7 Å². The van der Waals surface area contributed by atoms with Gasteiger partial charge in [0.15, 0.2) is 12.5 Å². The van der Waals surface area contributed by atoms with E-state index in [0.29, 0.717) is 35.7 Å². The van der Waals surface area contributed by atoms with Crippen molar-refractivity contribution >= 4 is 17.9 Å². The van der Waals surface area contributed by atoms with Crippen LogP contribution in [0.5, 0.6) is 11.5 Å². The number of fused-ring (bicyclic) bond motifs is 3. The van der Waals surface area contributed by atoms with Crippen LogP contribution in [0.3, 0.4) is 0 Å². The van der Waals surface area contributed by atoms with Gasteiger partial charge in [0.25, 0.3) is 11.8 Å². The number of hydrogen-bond acceptors (Lipinski definition) is 10. The molecule has 3 aliphatic rings. The molecule has 47 heavy (non-hydrogen) atoms. The molecule has 3 N–H and O–H groups in total. The van der Waals surface area contributed by atoms with Crippen LogP contribution in [0.25, 0.3) is 0 Å². The van der Waals surface area contributed by atoms with Gasteiger partial charge in [0, 0.05) is 25.6 Å². The van der Waals surface area contributed by atoms with Crippen molar-refractivity contribution in [1.29, 1.82) is 0 Å². The molecule has 2 aromatic carbocycles. The van der Waals surface area contributed by atoms with E-state index in [9.17, 15) is 24.6 Å². The summed E-state index contributed by atoms with van der Waals surface area (Å²) in [5.41, 5.74) is -1.03. The molecule has 2 bridgehead atoms. The minimum absolute atomic E-state index is 0.0325. The van der Waals surface area contributed by atoms with E-state index in [-0.39, 0.29) is 55.7 Å². The maximum atomic E-state index is 13.4. The molecule has 2 fully saturated rings. The van der Waals surface area contributed by atoms with E-state index in [1.807, 2.05) is 4.90 Å². The highest BCUT2D eigenvalue weighted by atomic mass is 16.7. The van der Waals surface area contributed by atoms with E-state index in [1.54, 1.807) is 58.0 Å². The van der Waals surface area contributed by atoms with Gasteiger partial charge in [-0.05, 0) is 82.0 Å². The molecule has 0 spiro atoms. The Labute approximate surface area is 274 Å². The number of nitrogens with one attached hydrogen (secondary N) is 1. The Morgan fingerprint density at radius 3 is 2.45 bits per heavy atom. The Kier molecular flexibility index (Phi) is 10.3. The summed E-state index contributed by atoms with van der Waals surface area (Å²) in [6, 6.07) is 9.94. The maximum Gasteiger partial charge on any atom is 0.412 e. The van der Waals surface area contributed by atoms with Crippen LogP contribution in [0, 0.1) is 0 Å². The largest absolute Gasteiger partial charge is 0.493 e. The fourth-order valence-electron chi connectivity index (χ4n) is 6.33. The van der Waals surface area contributed by atoms with Crippen molar-refractivity contribution in [3.8, 4) is 11.5 Å². The van der Waals surface area contributed by atoms with Gasteiger partial charge in [-0.25, -0.2) is 4.79 Å². The first-order valence-corrected chi connectivity index (χ1v) is 15.9. The monoisotopic (exact) mass is 655 g/mol. The van der Waals surface area contributed by atoms with Crippen molar-refractivity contribution in [2.75, 3.05) is 40.3 Å². The third kappa shape index (κ3) is 7.48. The van der Waals surface area contributed by atoms with Gasteiger partial charge >= 0.3 is 6.09 Å². The van der Waals surface area contributed by atoms with E-state index < -0.39 is 36.0 Å². The van der Waals surface area contributed by atoms with Gasteiger partial charge in [-0.3, -0.25) is 14.5 Å². The minimum Gasteiger partial charge on any atom is -0.493 e. The van der Waals surface area contributed by atoms with Crippen LogP contribution in [-0.4, -0.2) is 108 Å². The second kappa shape index (κ2) is 14.1. The van der Waals surface area contributed by atoms with Gasteiger partial charge in [0.2, 0.25) is 0 Å². The maximum absolute atomic E-state index is 13.4. The third-order valence-corrected chi connectivity index (χ3v) is 8.62. The number of carbonyl (C=O) groups excluding carboxylic acids is 3. The van der Waals surface area contributed by atoms with Crippen LogP contribution in [-0.2, 0) is 27.2 Å². The van der Waals surface area contributed by atoms with Crippen LogP contribution in [0.4, 0.5) is 4.79 Å². The SMILES string of the molecule is CCOc1cc(C(=O)N2C3CCC2COC3)ccc1C(=O)NC[C@@H](O)[C@@]1(O)Cc2ccc(OCOC)cc2CN1C(=O)OC(C)(C)C. The van der Waals surface area contributed by atoms with Gasteiger partial charge in [-0.1, -0.05) is 6.07 Å². The fourth-order valence-corrected chi connectivity index (χ4v) is 6.33. The predicted molar refractivity (Wildman–Crippen MR) is 169 cm³/mol. The zero-order chi connectivity index (χ0) is 33.9. The molecule has 256 valence electrons. The van der Waals surface area contributed by atoms with Gasteiger partial charge in [0.05, 0.1) is 44.0 Å². The molecule has 2 unspecified atom stereocenters. The molecule has 2 aromatic rings. The van der Waals surface area contributed by atoms with E-state index in [1.165, 1.54) is 13.2 Å². The number of morpholine rings is 1. The molecule has 0 saturated carbocycles. The van der Waals surface area contributed by atoms with Crippen LogP contribution in [0.2, 0.25) is 0 Å². The highest BCUT2D eigenvalue weighted by Gasteiger charge is 2.49. The quantitative estimate of drug-likeness (QED) is 0.326. The molecule has 0 aliphatic carbocycles. The first-order valence-electron chi connectivity index (χ1n) is 15.9. The molecule has 3 amide bonds. The lowest BCUT2D eigenvalue weighted by Crippen LogP contribution is -2.64. The standard InChI is InChI=1S/C34H45N3O10/c1-6-45-28-14-21(31(40)37-24-9-10-25(37)19-44-18-24)8-12-27(28)30(39)35-16-29(38)34(42)15-22-7-11-26(46-20-43-5)13-23(22)17-36(34)32(41)47-33(2,3)4/h7-8,11-14,24-25,29,38,42H,6,9-10,15-20H2,1-5H3,(H,35,39)/t24?,25?,29-,34+/m1/s1. The second-order valence-electron chi connectivity index (χ2n) is 13.1. The topological polar surface area (TPSA) is 156 Å². The number of methoxy groups -OCH3 is 1. The minimum atomic E-state index is -2.12. The van der Waals surface area contributed by atoms with Crippen molar-refractivity contribution in [2.24, 2.45) is 0 Å². The Morgan fingerprint density at radius 2 is 1.79 bits per heavy atom. The van der Waals surface area contributed by atoms with Crippen LogP contribution in [0.15, 0.2) is 36.4 Å². The molecule has 2 saturated heterocycles.